The Hall–Kier alpha value is -1.73. The topological polar surface area (TPSA) is 77.2 Å². The van der Waals surface area contributed by atoms with Gasteiger partial charge in [0.25, 0.3) is 0 Å². The third-order valence-corrected chi connectivity index (χ3v) is 4.95. The van der Waals surface area contributed by atoms with E-state index in [0.29, 0.717) is 16.6 Å². The normalized spacial score (nSPS) is 15.6. The maximum atomic E-state index is 11.7. The molecule has 25 heavy (non-hydrogen) atoms. The molecule has 1 fully saturated rings. The molecule has 0 aliphatic carbocycles. The van der Waals surface area contributed by atoms with Crippen LogP contribution in [0.15, 0.2) is 33.5 Å². The molecule has 0 unspecified atom stereocenters. The van der Waals surface area contributed by atoms with Gasteiger partial charge in [-0.3, -0.25) is 9.69 Å². The van der Waals surface area contributed by atoms with E-state index in [1.807, 2.05) is 12.1 Å². The van der Waals surface area contributed by atoms with Crippen molar-refractivity contribution >= 4 is 28.9 Å². The van der Waals surface area contributed by atoms with Crippen molar-refractivity contribution in [3.63, 3.8) is 0 Å². The molecular weight excluding hydrogens is 367 g/mol. The average molecular weight is 385 g/mol. The molecule has 0 atom stereocenters. The summed E-state index contributed by atoms with van der Waals surface area (Å²) in [5.41, 5.74) is 0.463. The van der Waals surface area contributed by atoms with Crippen LogP contribution in [0.25, 0.3) is 0 Å². The Morgan fingerprint density at radius 2 is 1.80 bits per heavy atom. The number of piperazine rings is 1. The zero-order chi connectivity index (χ0) is 18.0. The molecule has 0 saturated carbocycles. The maximum absolute atomic E-state index is 11.7. The average Bonchev–Trinajstić information content (AvgIpc) is 2.61. The number of nitrogens with zero attached hydrogens (tertiary/aromatic N) is 2. The molecule has 1 aromatic carbocycles. The summed E-state index contributed by atoms with van der Waals surface area (Å²) < 4.78 is 5.39. The number of anilines is 1. The monoisotopic (exact) mass is 384 g/mol. The molecule has 1 aliphatic rings. The number of rotatable bonds is 4. The molecular formula is C17H18Cl2N2O4. The lowest BCUT2D eigenvalue weighted by atomic mass is 10.2. The smallest absolute Gasteiger partial charge is 0.227 e. The zero-order valence-electron chi connectivity index (χ0n) is 13.4. The first-order valence-corrected chi connectivity index (χ1v) is 8.61. The van der Waals surface area contributed by atoms with Crippen LogP contribution in [0.4, 0.5) is 5.69 Å². The van der Waals surface area contributed by atoms with Crippen LogP contribution < -0.4 is 10.3 Å². The van der Waals surface area contributed by atoms with Gasteiger partial charge in [0.15, 0.2) is 5.76 Å². The Morgan fingerprint density at radius 3 is 2.44 bits per heavy atom. The van der Waals surface area contributed by atoms with E-state index in [-0.39, 0.29) is 18.1 Å². The van der Waals surface area contributed by atoms with Crippen molar-refractivity contribution in [2.45, 2.75) is 13.2 Å². The van der Waals surface area contributed by atoms with Gasteiger partial charge in [-0.05, 0) is 18.2 Å². The quantitative estimate of drug-likeness (QED) is 0.842. The van der Waals surface area contributed by atoms with E-state index in [2.05, 4.69) is 9.80 Å². The van der Waals surface area contributed by atoms with Gasteiger partial charge in [-0.25, -0.2) is 0 Å². The van der Waals surface area contributed by atoms with Gasteiger partial charge in [-0.15, -0.1) is 0 Å². The van der Waals surface area contributed by atoms with Gasteiger partial charge < -0.3 is 19.5 Å². The maximum Gasteiger partial charge on any atom is 0.227 e. The summed E-state index contributed by atoms with van der Waals surface area (Å²) >= 11 is 12.0. The minimum Gasteiger partial charge on any atom is -0.502 e. The summed E-state index contributed by atoms with van der Waals surface area (Å²) in [5.74, 6) is -0.0732. The van der Waals surface area contributed by atoms with E-state index in [1.165, 1.54) is 0 Å². The van der Waals surface area contributed by atoms with Crippen LogP contribution in [0.3, 0.4) is 0 Å². The third kappa shape index (κ3) is 4.10. The van der Waals surface area contributed by atoms with E-state index >= 15 is 0 Å². The molecule has 2 heterocycles. The molecule has 0 spiro atoms. The summed E-state index contributed by atoms with van der Waals surface area (Å²) in [5, 5.41) is 20.1. The molecule has 2 aromatic rings. The van der Waals surface area contributed by atoms with Gasteiger partial charge in [0.1, 0.15) is 12.4 Å². The van der Waals surface area contributed by atoms with E-state index in [9.17, 15) is 9.90 Å². The molecule has 0 amide bonds. The van der Waals surface area contributed by atoms with Gasteiger partial charge in [0.05, 0.1) is 16.6 Å². The van der Waals surface area contributed by atoms with E-state index in [1.54, 1.807) is 6.07 Å². The minimum atomic E-state index is -0.542. The highest BCUT2D eigenvalue weighted by atomic mass is 35.5. The second-order valence-corrected chi connectivity index (χ2v) is 6.68. The molecule has 6 nitrogen and oxygen atoms in total. The molecule has 1 saturated heterocycles. The Morgan fingerprint density at radius 1 is 1.08 bits per heavy atom. The van der Waals surface area contributed by atoms with Crippen molar-refractivity contribution in [1.82, 2.24) is 4.90 Å². The third-order valence-electron chi connectivity index (χ3n) is 4.21. The van der Waals surface area contributed by atoms with E-state index in [0.717, 1.165) is 37.9 Å². The predicted octanol–water partition coefficient (Wildman–Crippen LogP) is 2.47. The van der Waals surface area contributed by atoms with Crippen molar-refractivity contribution in [1.29, 1.82) is 0 Å². The number of benzene rings is 1. The lowest BCUT2D eigenvalue weighted by molar-refractivity contribution is 0.200. The van der Waals surface area contributed by atoms with Crippen LogP contribution in [-0.4, -0.2) is 41.3 Å². The second-order valence-electron chi connectivity index (χ2n) is 5.87. The fourth-order valence-corrected chi connectivity index (χ4v) is 3.11. The van der Waals surface area contributed by atoms with Crippen molar-refractivity contribution in [2.24, 2.45) is 0 Å². The van der Waals surface area contributed by atoms with Crippen LogP contribution in [-0.2, 0) is 13.2 Å². The van der Waals surface area contributed by atoms with Gasteiger partial charge in [0, 0.05) is 37.9 Å². The largest absolute Gasteiger partial charge is 0.502 e. The second kappa shape index (κ2) is 7.66. The molecule has 1 aromatic heterocycles. The first-order chi connectivity index (χ1) is 12.0. The van der Waals surface area contributed by atoms with Gasteiger partial charge in [-0.1, -0.05) is 23.2 Å². The number of aromatic hydroxyl groups is 1. The van der Waals surface area contributed by atoms with Crippen LogP contribution in [0.1, 0.15) is 11.5 Å². The first kappa shape index (κ1) is 18.1. The van der Waals surface area contributed by atoms with Crippen LogP contribution in [0, 0.1) is 0 Å². The number of hydrogen-bond donors (Lipinski definition) is 2. The van der Waals surface area contributed by atoms with Crippen molar-refractivity contribution in [2.75, 3.05) is 31.1 Å². The summed E-state index contributed by atoms with van der Waals surface area (Å²) in [6.45, 7) is 2.92. The Bertz CT molecular complexity index is 817. The standard InChI is InChI=1S/C17H18Cl2N2O4/c18-13-2-1-11(7-14(13)19)21-5-3-20(4-6-21)9-16-17(24)15(23)8-12(10-22)25-16/h1-2,7-8,22,24H,3-6,9-10H2. The summed E-state index contributed by atoms with van der Waals surface area (Å²) in [4.78, 5) is 16.0. The number of hydrogen-bond acceptors (Lipinski definition) is 6. The predicted molar refractivity (Wildman–Crippen MR) is 96.5 cm³/mol. The lowest BCUT2D eigenvalue weighted by Gasteiger charge is -2.36. The highest BCUT2D eigenvalue weighted by Crippen LogP contribution is 2.28. The summed E-state index contributed by atoms with van der Waals surface area (Å²) in [7, 11) is 0. The van der Waals surface area contributed by atoms with Crippen LogP contribution in [0.2, 0.25) is 10.0 Å². The molecule has 3 rings (SSSR count). The minimum absolute atomic E-state index is 0.146. The lowest BCUT2D eigenvalue weighted by Crippen LogP contribution is -2.46. The SMILES string of the molecule is O=c1cc(CO)oc(CN2CCN(c3ccc(Cl)c(Cl)c3)CC2)c1O. The van der Waals surface area contributed by atoms with E-state index < -0.39 is 11.2 Å². The van der Waals surface area contributed by atoms with Crippen molar-refractivity contribution in [3.8, 4) is 5.75 Å². The fourth-order valence-electron chi connectivity index (χ4n) is 2.82. The molecule has 134 valence electrons. The molecule has 8 heteroatoms. The summed E-state index contributed by atoms with van der Waals surface area (Å²) in [6.07, 6.45) is 0. The van der Waals surface area contributed by atoms with Crippen molar-refractivity contribution < 1.29 is 14.6 Å². The fraction of sp³-hybridized carbons (Fsp3) is 0.353. The molecule has 1 aliphatic heterocycles. The van der Waals surface area contributed by atoms with Crippen LogP contribution >= 0.6 is 23.2 Å². The molecule has 0 radical (unpaired) electrons. The van der Waals surface area contributed by atoms with Gasteiger partial charge >= 0.3 is 0 Å². The molecule has 2 N–H and O–H groups in total. The highest BCUT2D eigenvalue weighted by Gasteiger charge is 2.21. The number of aliphatic hydroxyl groups excluding tert-OH is 1. The highest BCUT2D eigenvalue weighted by molar-refractivity contribution is 6.42. The van der Waals surface area contributed by atoms with Crippen LogP contribution in [0.5, 0.6) is 5.75 Å². The van der Waals surface area contributed by atoms with Gasteiger partial charge in [-0.2, -0.15) is 0 Å². The van der Waals surface area contributed by atoms with E-state index in [4.69, 9.17) is 32.7 Å². The molecule has 0 bridgehead atoms. The van der Waals surface area contributed by atoms with Gasteiger partial charge in [0.2, 0.25) is 11.2 Å². The zero-order valence-corrected chi connectivity index (χ0v) is 14.9. The number of aliphatic hydroxyl groups is 1. The Labute approximate surface area is 154 Å². The Balaban J connectivity index is 1.66. The number of halogens is 2. The van der Waals surface area contributed by atoms with Crippen molar-refractivity contribution in [3.05, 3.63) is 56.1 Å². The Kier molecular flexibility index (Phi) is 5.54. The summed E-state index contributed by atoms with van der Waals surface area (Å²) in [6, 6.07) is 6.65. The first-order valence-electron chi connectivity index (χ1n) is 7.86.